The van der Waals surface area contributed by atoms with E-state index < -0.39 is 9.84 Å². The largest absolute Gasteiger partial charge is 0.334 e. The minimum Gasteiger partial charge on any atom is -0.334 e. The van der Waals surface area contributed by atoms with Crippen LogP contribution in [0.1, 0.15) is 23.7 Å². The summed E-state index contributed by atoms with van der Waals surface area (Å²) >= 11 is 0. The molecule has 0 aliphatic carbocycles. The average Bonchev–Trinajstić information content (AvgIpc) is 2.78. The molecule has 2 unspecified atom stereocenters. The summed E-state index contributed by atoms with van der Waals surface area (Å²) in [5.74, 6) is 0.323. The van der Waals surface area contributed by atoms with Crippen molar-refractivity contribution in [3.05, 3.63) is 29.8 Å². The molecule has 2 rings (SSSR count). The minimum atomic E-state index is -3.23. The van der Waals surface area contributed by atoms with E-state index in [0.717, 1.165) is 12.7 Å². The molecule has 0 aromatic heterocycles. The highest BCUT2D eigenvalue weighted by molar-refractivity contribution is 7.90. The predicted molar refractivity (Wildman–Crippen MR) is 77.2 cm³/mol. The van der Waals surface area contributed by atoms with Crippen LogP contribution in [0.25, 0.3) is 0 Å². The van der Waals surface area contributed by atoms with E-state index in [1.165, 1.54) is 12.1 Å². The molecule has 1 heterocycles. The van der Waals surface area contributed by atoms with Gasteiger partial charge in [-0.3, -0.25) is 4.79 Å². The predicted octanol–water partition coefficient (Wildman–Crippen LogP) is 0.899. The van der Waals surface area contributed by atoms with Gasteiger partial charge in [-0.05, 0) is 36.6 Å². The normalized spacial score (nSPS) is 23.1. The zero-order valence-corrected chi connectivity index (χ0v) is 12.6. The van der Waals surface area contributed by atoms with Crippen LogP contribution in [-0.4, -0.2) is 44.6 Å². The van der Waals surface area contributed by atoms with Gasteiger partial charge < -0.3 is 10.6 Å². The summed E-state index contributed by atoms with van der Waals surface area (Å²) in [7, 11) is -3.23. The average molecular weight is 296 g/mol. The summed E-state index contributed by atoms with van der Waals surface area (Å²) in [4.78, 5) is 14.5. The molecule has 1 aromatic carbocycles. The van der Waals surface area contributed by atoms with Gasteiger partial charge in [-0.15, -0.1) is 0 Å². The zero-order chi connectivity index (χ0) is 14.9. The van der Waals surface area contributed by atoms with Crippen LogP contribution in [0.3, 0.4) is 0 Å². The molecule has 1 saturated heterocycles. The lowest BCUT2D eigenvalue weighted by molar-refractivity contribution is 0.0727. The van der Waals surface area contributed by atoms with Gasteiger partial charge in [-0.2, -0.15) is 0 Å². The Morgan fingerprint density at radius 1 is 1.35 bits per heavy atom. The monoisotopic (exact) mass is 296 g/mol. The number of sulfone groups is 1. The number of amides is 1. The summed E-state index contributed by atoms with van der Waals surface area (Å²) in [6.07, 6.45) is 2.10. The standard InChI is InChI=1S/C14H20N2O3S/c1-10-7-8-16(13(10)9-15)14(17)11-3-5-12(6-4-11)20(2,18)19/h3-6,10,13H,7-9,15H2,1-2H3. The maximum atomic E-state index is 12.4. The Morgan fingerprint density at radius 3 is 2.45 bits per heavy atom. The van der Waals surface area contributed by atoms with Gasteiger partial charge in [0, 0.05) is 31.0 Å². The highest BCUT2D eigenvalue weighted by atomic mass is 32.2. The van der Waals surface area contributed by atoms with Gasteiger partial charge in [0.1, 0.15) is 0 Å². The molecule has 0 spiro atoms. The molecule has 20 heavy (non-hydrogen) atoms. The van der Waals surface area contributed by atoms with Crippen LogP contribution in [0.5, 0.6) is 0 Å². The number of hydrogen-bond donors (Lipinski definition) is 1. The quantitative estimate of drug-likeness (QED) is 0.898. The Bertz CT molecular complexity index is 595. The first kappa shape index (κ1) is 15.0. The second-order valence-corrected chi connectivity index (χ2v) is 7.38. The lowest BCUT2D eigenvalue weighted by Gasteiger charge is -2.25. The number of rotatable bonds is 3. The van der Waals surface area contributed by atoms with Crippen molar-refractivity contribution in [2.75, 3.05) is 19.3 Å². The molecule has 6 heteroatoms. The highest BCUT2D eigenvalue weighted by Gasteiger charge is 2.33. The summed E-state index contributed by atoms with van der Waals surface area (Å²) in [5.41, 5.74) is 6.24. The van der Waals surface area contributed by atoms with Crippen molar-refractivity contribution >= 4 is 15.7 Å². The number of hydrogen-bond acceptors (Lipinski definition) is 4. The Kier molecular flexibility index (Phi) is 4.15. The summed E-state index contributed by atoms with van der Waals surface area (Å²) in [5, 5.41) is 0. The van der Waals surface area contributed by atoms with Crippen LogP contribution in [0.2, 0.25) is 0 Å². The van der Waals surface area contributed by atoms with Crippen molar-refractivity contribution in [3.8, 4) is 0 Å². The van der Waals surface area contributed by atoms with Crippen molar-refractivity contribution in [1.29, 1.82) is 0 Å². The molecule has 2 N–H and O–H groups in total. The lowest BCUT2D eigenvalue weighted by atomic mass is 10.0. The molecule has 1 fully saturated rings. The van der Waals surface area contributed by atoms with E-state index in [4.69, 9.17) is 5.73 Å². The van der Waals surface area contributed by atoms with Crippen LogP contribution in [0, 0.1) is 5.92 Å². The number of likely N-dealkylation sites (tertiary alicyclic amines) is 1. The fraction of sp³-hybridized carbons (Fsp3) is 0.500. The second-order valence-electron chi connectivity index (χ2n) is 5.36. The van der Waals surface area contributed by atoms with Gasteiger partial charge in [0.2, 0.25) is 0 Å². The van der Waals surface area contributed by atoms with Crippen LogP contribution in [0.4, 0.5) is 0 Å². The first-order valence-electron chi connectivity index (χ1n) is 6.65. The maximum Gasteiger partial charge on any atom is 0.254 e. The Balaban J connectivity index is 2.22. The molecular weight excluding hydrogens is 276 g/mol. The van der Waals surface area contributed by atoms with Crippen molar-refractivity contribution in [2.45, 2.75) is 24.3 Å². The van der Waals surface area contributed by atoms with E-state index >= 15 is 0 Å². The zero-order valence-electron chi connectivity index (χ0n) is 11.7. The Morgan fingerprint density at radius 2 is 1.95 bits per heavy atom. The van der Waals surface area contributed by atoms with Crippen molar-refractivity contribution in [3.63, 3.8) is 0 Å². The van der Waals surface area contributed by atoms with Gasteiger partial charge in [0.25, 0.3) is 5.91 Å². The molecule has 0 bridgehead atoms. The fourth-order valence-electron chi connectivity index (χ4n) is 2.63. The summed E-state index contributed by atoms with van der Waals surface area (Å²) in [6.45, 7) is 3.25. The molecule has 2 atom stereocenters. The van der Waals surface area contributed by atoms with Crippen LogP contribution < -0.4 is 5.73 Å². The van der Waals surface area contributed by atoms with E-state index in [1.807, 2.05) is 0 Å². The minimum absolute atomic E-state index is 0.0667. The van der Waals surface area contributed by atoms with Gasteiger partial charge in [0.15, 0.2) is 9.84 Å². The molecule has 1 amide bonds. The van der Waals surface area contributed by atoms with Gasteiger partial charge in [0.05, 0.1) is 4.90 Å². The number of carbonyl (C=O) groups excluding carboxylic acids is 1. The van der Waals surface area contributed by atoms with E-state index in [-0.39, 0.29) is 16.8 Å². The number of nitrogens with two attached hydrogens (primary N) is 1. The number of nitrogens with zero attached hydrogens (tertiary/aromatic N) is 1. The van der Waals surface area contributed by atoms with E-state index in [2.05, 4.69) is 6.92 Å². The topological polar surface area (TPSA) is 80.5 Å². The molecule has 5 nitrogen and oxygen atoms in total. The summed E-state index contributed by atoms with van der Waals surface area (Å²) < 4.78 is 22.8. The smallest absolute Gasteiger partial charge is 0.254 e. The Hall–Kier alpha value is -1.40. The third-order valence-corrected chi connectivity index (χ3v) is 5.04. The van der Waals surface area contributed by atoms with Crippen LogP contribution in [-0.2, 0) is 9.84 Å². The number of benzene rings is 1. The molecule has 1 aliphatic rings. The molecule has 1 aromatic rings. The summed E-state index contributed by atoms with van der Waals surface area (Å²) in [6, 6.07) is 6.14. The molecule has 110 valence electrons. The second kappa shape index (κ2) is 5.54. The first-order valence-corrected chi connectivity index (χ1v) is 8.55. The van der Waals surface area contributed by atoms with Gasteiger partial charge in [-0.1, -0.05) is 6.92 Å². The third kappa shape index (κ3) is 2.86. The fourth-order valence-corrected chi connectivity index (χ4v) is 3.26. The van der Waals surface area contributed by atoms with Crippen molar-refractivity contribution in [1.82, 2.24) is 4.90 Å². The van der Waals surface area contributed by atoms with Gasteiger partial charge in [-0.25, -0.2) is 8.42 Å². The van der Waals surface area contributed by atoms with E-state index in [1.54, 1.807) is 17.0 Å². The maximum absolute atomic E-state index is 12.4. The molecule has 0 saturated carbocycles. The molecular formula is C14H20N2O3S. The third-order valence-electron chi connectivity index (χ3n) is 3.91. The molecule has 0 radical (unpaired) electrons. The SMILES string of the molecule is CC1CCN(C(=O)c2ccc(S(C)(=O)=O)cc2)C1CN. The number of carbonyl (C=O) groups is 1. The lowest BCUT2D eigenvalue weighted by Crippen LogP contribution is -2.42. The van der Waals surface area contributed by atoms with Crippen LogP contribution in [0.15, 0.2) is 29.2 Å². The van der Waals surface area contributed by atoms with E-state index in [9.17, 15) is 13.2 Å². The first-order chi connectivity index (χ1) is 9.34. The Labute approximate surface area is 119 Å². The highest BCUT2D eigenvalue weighted by Crippen LogP contribution is 2.25. The van der Waals surface area contributed by atoms with Gasteiger partial charge >= 0.3 is 0 Å². The van der Waals surface area contributed by atoms with Crippen molar-refractivity contribution in [2.24, 2.45) is 11.7 Å². The van der Waals surface area contributed by atoms with Crippen LogP contribution >= 0.6 is 0 Å². The molecule has 1 aliphatic heterocycles. The van der Waals surface area contributed by atoms with E-state index in [0.29, 0.717) is 24.6 Å². The van der Waals surface area contributed by atoms with Crippen molar-refractivity contribution < 1.29 is 13.2 Å².